The second-order valence-corrected chi connectivity index (χ2v) is 6.04. The highest BCUT2D eigenvalue weighted by molar-refractivity contribution is 5.95. The van der Waals surface area contributed by atoms with E-state index in [9.17, 15) is 14.4 Å². The van der Waals surface area contributed by atoms with Crippen molar-refractivity contribution in [1.82, 2.24) is 15.8 Å². The van der Waals surface area contributed by atoms with Gasteiger partial charge in [0.2, 0.25) is 5.91 Å². The van der Waals surface area contributed by atoms with Gasteiger partial charge in [0.05, 0.1) is 6.54 Å². The van der Waals surface area contributed by atoms with Crippen LogP contribution in [0.5, 0.6) is 0 Å². The predicted molar refractivity (Wildman–Crippen MR) is 81.9 cm³/mol. The number of nitrogens with zero attached hydrogens (tertiary/aromatic N) is 1. The first-order valence-electron chi connectivity index (χ1n) is 7.47. The Morgan fingerprint density at radius 2 is 1.91 bits per heavy atom. The first-order chi connectivity index (χ1) is 10.7. The van der Waals surface area contributed by atoms with Gasteiger partial charge in [0.15, 0.2) is 5.69 Å². The summed E-state index contributed by atoms with van der Waals surface area (Å²) in [7, 11) is 0. The van der Waals surface area contributed by atoms with Crippen LogP contribution in [0.15, 0.2) is 10.6 Å². The molecule has 0 unspecified atom stereocenters. The molecule has 23 heavy (non-hydrogen) atoms. The summed E-state index contributed by atoms with van der Waals surface area (Å²) in [6.45, 7) is 7.19. The molecular formula is C15H23N3O5. The van der Waals surface area contributed by atoms with Gasteiger partial charge in [-0.1, -0.05) is 32.9 Å². The zero-order chi connectivity index (χ0) is 17.6. The Kier molecular flexibility index (Phi) is 6.74. The van der Waals surface area contributed by atoms with E-state index in [1.165, 1.54) is 6.07 Å². The number of amides is 2. The van der Waals surface area contributed by atoms with E-state index >= 15 is 0 Å². The van der Waals surface area contributed by atoms with Crippen LogP contribution in [-0.2, 0) is 9.59 Å². The SMILES string of the molecule is CC(C)C[C@H](NC(=O)CNC(=O)c1cc(C(C)C)on1)C(=O)O. The van der Waals surface area contributed by atoms with Gasteiger partial charge in [-0.25, -0.2) is 4.79 Å². The summed E-state index contributed by atoms with van der Waals surface area (Å²) in [5.41, 5.74) is 0.0819. The Labute approximate surface area is 134 Å². The first kappa shape index (κ1) is 18.7. The number of carboxylic acid groups (broad SMARTS) is 1. The van der Waals surface area contributed by atoms with Gasteiger partial charge < -0.3 is 20.3 Å². The van der Waals surface area contributed by atoms with Crippen LogP contribution in [0.3, 0.4) is 0 Å². The van der Waals surface area contributed by atoms with Crippen molar-refractivity contribution >= 4 is 17.8 Å². The van der Waals surface area contributed by atoms with Crippen molar-refractivity contribution in [2.75, 3.05) is 6.54 Å². The molecule has 2 amide bonds. The van der Waals surface area contributed by atoms with Crippen molar-refractivity contribution < 1.29 is 24.0 Å². The summed E-state index contributed by atoms with van der Waals surface area (Å²) >= 11 is 0. The third-order valence-electron chi connectivity index (χ3n) is 3.08. The molecule has 0 aromatic carbocycles. The molecule has 8 nitrogen and oxygen atoms in total. The first-order valence-corrected chi connectivity index (χ1v) is 7.47. The second-order valence-electron chi connectivity index (χ2n) is 6.04. The van der Waals surface area contributed by atoms with Crippen LogP contribution in [0.4, 0.5) is 0 Å². The summed E-state index contributed by atoms with van der Waals surface area (Å²) in [6.07, 6.45) is 0.316. The van der Waals surface area contributed by atoms with Crippen LogP contribution in [0.2, 0.25) is 0 Å². The molecule has 1 aromatic heterocycles. The van der Waals surface area contributed by atoms with Crippen LogP contribution >= 0.6 is 0 Å². The normalized spacial score (nSPS) is 12.3. The molecule has 0 bridgehead atoms. The molecule has 0 radical (unpaired) electrons. The maximum absolute atomic E-state index is 11.9. The van der Waals surface area contributed by atoms with Gasteiger partial charge in [-0.3, -0.25) is 9.59 Å². The number of nitrogens with one attached hydrogen (secondary N) is 2. The number of aliphatic carboxylic acids is 1. The largest absolute Gasteiger partial charge is 0.480 e. The number of carboxylic acids is 1. The lowest BCUT2D eigenvalue weighted by molar-refractivity contribution is -0.142. The molecule has 128 valence electrons. The van der Waals surface area contributed by atoms with Crippen molar-refractivity contribution in [2.24, 2.45) is 5.92 Å². The molecule has 0 spiro atoms. The van der Waals surface area contributed by atoms with Crippen LogP contribution < -0.4 is 10.6 Å². The molecule has 0 aliphatic rings. The van der Waals surface area contributed by atoms with Gasteiger partial charge in [-0.15, -0.1) is 0 Å². The van der Waals surface area contributed by atoms with Crippen LogP contribution in [0, 0.1) is 5.92 Å². The monoisotopic (exact) mass is 325 g/mol. The average molecular weight is 325 g/mol. The number of aromatic nitrogens is 1. The molecule has 1 heterocycles. The Hall–Kier alpha value is -2.38. The molecule has 8 heteroatoms. The van der Waals surface area contributed by atoms with Crippen molar-refractivity contribution in [1.29, 1.82) is 0 Å². The van der Waals surface area contributed by atoms with Crippen molar-refractivity contribution in [3.05, 3.63) is 17.5 Å². The van der Waals surface area contributed by atoms with Crippen LogP contribution in [-0.4, -0.2) is 40.6 Å². The summed E-state index contributed by atoms with van der Waals surface area (Å²) < 4.78 is 5.00. The van der Waals surface area contributed by atoms with Gasteiger partial charge in [0, 0.05) is 12.0 Å². The summed E-state index contributed by atoms with van der Waals surface area (Å²) in [4.78, 5) is 34.7. The topological polar surface area (TPSA) is 122 Å². The fourth-order valence-electron chi connectivity index (χ4n) is 1.86. The lowest BCUT2D eigenvalue weighted by Gasteiger charge is -2.16. The van der Waals surface area contributed by atoms with Crippen LogP contribution in [0.1, 0.15) is 56.3 Å². The van der Waals surface area contributed by atoms with Gasteiger partial charge in [-0.05, 0) is 12.3 Å². The third-order valence-corrected chi connectivity index (χ3v) is 3.08. The molecule has 1 atom stereocenters. The quantitative estimate of drug-likeness (QED) is 0.659. The highest BCUT2D eigenvalue weighted by atomic mass is 16.5. The lowest BCUT2D eigenvalue weighted by atomic mass is 10.0. The van der Waals surface area contributed by atoms with Crippen LogP contribution in [0.25, 0.3) is 0 Å². The van der Waals surface area contributed by atoms with E-state index in [1.807, 2.05) is 27.7 Å². The van der Waals surface area contributed by atoms with Gasteiger partial charge in [0.1, 0.15) is 11.8 Å². The zero-order valence-electron chi connectivity index (χ0n) is 13.8. The summed E-state index contributed by atoms with van der Waals surface area (Å²) in [6, 6.07) is 0.537. The molecule has 3 N–H and O–H groups in total. The van der Waals surface area contributed by atoms with E-state index in [4.69, 9.17) is 9.63 Å². The van der Waals surface area contributed by atoms with E-state index in [-0.39, 0.29) is 24.1 Å². The van der Waals surface area contributed by atoms with E-state index in [0.717, 1.165) is 0 Å². The minimum absolute atomic E-state index is 0.0819. The Balaban J connectivity index is 2.50. The van der Waals surface area contributed by atoms with Crippen molar-refractivity contribution in [2.45, 2.75) is 46.1 Å². The predicted octanol–water partition coefficient (Wildman–Crippen LogP) is 1.14. The van der Waals surface area contributed by atoms with E-state index in [0.29, 0.717) is 12.2 Å². The average Bonchev–Trinajstić information content (AvgIpc) is 2.93. The number of carbonyl (C=O) groups excluding carboxylic acids is 2. The van der Waals surface area contributed by atoms with Crippen molar-refractivity contribution in [3.8, 4) is 0 Å². The molecule has 0 fully saturated rings. The Morgan fingerprint density at radius 1 is 1.26 bits per heavy atom. The maximum Gasteiger partial charge on any atom is 0.326 e. The van der Waals surface area contributed by atoms with Crippen molar-refractivity contribution in [3.63, 3.8) is 0 Å². The molecule has 0 saturated heterocycles. The number of hydrogen-bond acceptors (Lipinski definition) is 5. The molecular weight excluding hydrogens is 302 g/mol. The number of rotatable bonds is 8. The van der Waals surface area contributed by atoms with Gasteiger partial charge in [0.25, 0.3) is 5.91 Å². The fourth-order valence-corrected chi connectivity index (χ4v) is 1.86. The van der Waals surface area contributed by atoms with Gasteiger partial charge >= 0.3 is 5.97 Å². The van der Waals surface area contributed by atoms with Gasteiger partial charge in [-0.2, -0.15) is 0 Å². The minimum Gasteiger partial charge on any atom is -0.480 e. The molecule has 1 aromatic rings. The van der Waals surface area contributed by atoms with E-state index < -0.39 is 23.8 Å². The number of carbonyl (C=O) groups is 3. The highest BCUT2D eigenvalue weighted by Gasteiger charge is 2.21. The van der Waals surface area contributed by atoms with E-state index in [2.05, 4.69) is 15.8 Å². The molecule has 0 aliphatic heterocycles. The molecule has 0 saturated carbocycles. The Bertz CT molecular complexity index is 565. The number of hydrogen-bond donors (Lipinski definition) is 3. The van der Waals surface area contributed by atoms with E-state index in [1.54, 1.807) is 0 Å². The fraction of sp³-hybridized carbons (Fsp3) is 0.600. The zero-order valence-corrected chi connectivity index (χ0v) is 13.8. The smallest absolute Gasteiger partial charge is 0.326 e. The molecule has 1 rings (SSSR count). The summed E-state index contributed by atoms with van der Waals surface area (Å²) in [5.74, 6) is -1.43. The summed E-state index contributed by atoms with van der Waals surface area (Å²) in [5, 5.41) is 17.5. The standard InChI is InChI=1S/C15H23N3O5/c1-8(2)5-11(15(21)22)17-13(19)7-16-14(20)10-6-12(9(3)4)23-18-10/h6,8-9,11H,5,7H2,1-4H3,(H,16,20)(H,17,19)(H,21,22)/t11-/m0/s1. The second kappa shape index (κ2) is 8.30. The minimum atomic E-state index is -1.10. The third kappa shape index (κ3) is 6.09. The Morgan fingerprint density at radius 3 is 2.39 bits per heavy atom. The molecule has 0 aliphatic carbocycles. The lowest BCUT2D eigenvalue weighted by Crippen LogP contribution is -2.46. The highest BCUT2D eigenvalue weighted by Crippen LogP contribution is 2.14. The maximum atomic E-state index is 11.9.